The fraction of sp³-hybridized carbons (Fsp3) is 0.455. The number of hydrogen-bond donors (Lipinski definition) is 1. The van der Waals surface area contributed by atoms with Gasteiger partial charge in [0, 0.05) is 13.3 Å². The van der Waals surface area contributed by atoms with E-state index in [0.29, 0.717) is 23.0 Å². The maximum absolute atomic E-state index is 11.7. The molecule has 1 heterocycles. The molecular formula is C11H15ClN2O2. The van der Waals surface area contributed by atoms with Gasteiger partial charge in [0.15, 0.2) is 0 Å². The Hall–Kier alpha value is -1.13. The Labute approximate surface area is 100.0 Å². The molecule has 0 bridgehead atoms. The summed E-state index contributed by atoms with van der Waals surface area (Å²) >= 11 is 6.01. The molecule has 0 unspecified atom stereocenters. The number of anilines is 1. The fourth-order valence-corrected chi connectivity index (χ4v) is 1.39. The molecule has 1 atom stereocenters. The Morgan fingerprint density at radius 1 is 1.69 bits per heavy atom. The van der Waals surface area contributed by atoms with Crippen LogP contribution in [-0.2, 0) is 9.53 Å². The quantitative estimate of drug-likeness (QED) is 0.881. The normalized spacial score (nSPS) is 12.2. The van der Waals surface area contributed by atoms with E-state index in [-0.39, 0.29) is 11.8 Å². The predicted octanol–water partition coefficient (Wildman–Crippen LogP) is 2.26. The summed E-state index contributed by atoms with van der Waals surface area (Å²) in [5.74, 6) is -0.330. The molecule has 5 heteroatoms. The third-order valence-electron chi connectivity index (χ3n) is 2.19. The monoisotopic (exact) mass is 242 g/mol. The maximum Gasteiger partial charge on any atom is 0.229 e. The molecule has 0 aromatic carbocycles. The van der Waals surface area contributed by atoms with Gasteiger partial charge >= 0.3 is 0 Å². The summed E-state index contributed by atoms with van der Waals surface area (Å²) < 4.78 is 4.91. The molecule has 0 saturated heterocycles. The first-order valence-corrected chi connectivity index (χ1v) is 5.35. The minimum Gasteiger partial charge on any atom is -0.384 e. The van der Waals surface area contributed by atoms with Crippen LogP contribution in [0.5, 0.6) is 0 Å². The predicted molar refractivity (Wildman–Crippen MR) is 63.7 cm³/mol. The molecule has 0 fully saturated rings. The Morgan fingerprint density at radius 2 is 2.38 bits per heavy atom. The number of rotatable bonds is 4. The Kier molecular flexibility index (Phi) is 4.71. The van der Waals surface area contributed by atoms with E-state index >= 15 is 0 Å². The lowest BCUT2D eigenvalue weighted by molar-refractivity contribution is -0.120. The van der Waals surface area contributed by atoms with Gasteiger partial charge in [-0.1, -0.05) is 18.5 Å². The molecule has 1 aromatic heterocycles. The largest absolute Gasteiger partial charge is 0.384 e. The molecule has 4 nitrogen and oxygen atoms in total. The highest BCUT2D eigenvalue weighted by Gasteiger charge is 2.14. The number of aromatic nitrogens is 1. The summed E-state index contributed by atoms with van der Waals surface area (Å²) in [6.07, 6.45) is 1.61. The van der Waals surface area contributed by atoms with Crippen molar-refractivity contribution in [3.63, 3.8) is 0 Å². The van der Waals surface area contributed by atoms with Gasteiger partial charge in [-0.2, -0.15) is 0 Å². The Balaban J connectivity index is 2.73. The maximum atomic E-state index is 11.7. The number of ether oxygens (including phenoxy) is 1. The van der Waals surface area contributed by atoms with Crippen LogP contribution in [0.25, 0.3) is 0 Å². The Morgan fingerprint density at radius 3 is 3.00 bits per heavy atom. The molecule has 88 valence electrons. The highest BCUT2D eigenvalue weighted by atomic mass is 35.5. The smallest absolute Gasteiger partial charge is 0.229 e. The van der Waals surface area contributed by atoms with Gasteiger partial charge in [0.2, 0.25) is 5.91 Å². The second-order valence-electron chi connectivity index (χ2n) is 3.60. The minimum absolute atomic E-state index is 0.116. The molecule has 1 rings (SSSR count). The van der Waals surface area contributed by atoms with Crippen molar-refractivity contribution < 1.29 is 9.53 Å². The first-order valence-electron chi connectivity index (χ1n) is 4.97. The highest BCUT2D eigenvalue weighted by molar-refractivity contribution is 6.34. The number of amides is 1. The van der Waals surface area contributed by atoms with E-state index in [2.05, 4.69) is 10.3 Å². The lowest BCUT2D eigenvalue weighted by Crippen LogP contribution is -2.24. The van der Waals surface area contributed by atoms with Crippen LogP contribution in [0.4, 0.5) is 5.69 Å². The summed E-state index contributed by atoms with van der Waals surface area (Å²) in [7, 11) is 1.56. The molecule has 16 heavy (non-hydrogen) atoms. The van der Waals surface area contributed by atoms with E-state index in [9.17, 15) is 4.79 Å². The average molecular weight is 243 g/mol. The zero-order valence-corrected chi connectivity index (χ0v) is 10.3. The van der Waals surface area contributed by atoms with Crippen LogP contribution in [-0.4, -0.2) is 24.6 Å². The molecule has 0 aliphatic rings. The molecule has 1 aromatic rings. The number of nitrogens with zero attached hydrogens (tertiary/aromatic N) is 1. The van der Waals surface area contributed by atoms with Crippen LogP contribution in [0.3, 0.4) is 0 Å². The van der Waals surface area contributed by atoms with E-state index in [1.807, 2.05) is 0 Å². The number of nitrogens with one attached hydrogen (secondary N) is 1. The number of aryl methyl sites for hydroxylation is 1. The van der Waals surface area contributed by atoms with Crippen LogP contribution in [0.1, 0.15) is 12.6 Å². The van der Waals surface area contributed by atoms with E-state index in [4.69, 9.17) is 16.3 Å². The number of halogens is 1. The van der Waals surface area contributed by atoms with Crippen LogP contribution in [0.15, 0.2) is 12.3 Å². The van der Waals surface area contributed by atoms with Crippen molar-refractivity contribution in [2.24, 2.45) is 5.92 Å². The van der Waals surface area contributed by atoms with Crippen molar-refractivity contribution in [1.29, 1.82) is 0 Å². The molecule has 0 spiro atoms. The number of pyridine rings is 1. The van der Waals surface area contributed by atoms with Gasteiger partial charge < -0.3 is 10.1 Å². The lowest BCUT2D eigenvalue weighted by Gasteiger charge is -2.12. The first-order chi connectivity index (χ1) is 7.56. The van der Waals surface area contributed by atoms with Crippen molar-refractivity contribution in [1.82, 2.24) is 4.98 Å². The van der Waals surface area contributed by atoms with Gasteiger partial charge in [-0.15, -0.1) is 0 Å². The van der Waals surface area contributed by atoms with Gasteiger partial charge in [0.05, 0.1) is 28.9 Å². The third-order valence-corrected chi connectivity index (χ3v) is 2.66. The van der Waals surface area contributed by atoms with Gasteiger partial charge in [-0.25, -0.2) is 0 Å². The summed E-state index contributed by atoms with van der Waals surface area (Å²) in [6.45, 7) is 3.96. The third kappa shape index (κ3) is 3.18. The number of carbonyl (C=O) groups excluding carboxylic acids is 1. The SMILES string of the molecule is COC[C@H](C)C(=O)Nc1ccnc(C)c1Cl. The molecule has 1 amide bonds. The van der Waals surface area contributed by atoms with Gasteiger partial charge in [-0.3, -0.25) is 9.78 Å². The topological polar surface area (TPSA) is 51.2 Å². The van der Waals surface area contributed by atoms with Gasteiger partial charge in [0.25, 0.3) is 0 Å². The zero-order valence-electron chi connectivity index (χ0n) is 9.58. The fourth-order valence-electron chi connectivity index (χ4n) is 1.23. The standard InChI is InChI=1S/C11H15ClN2O2/c1-7(6-16-3)11(15)14-9-4-5-13-8(2)10(9)12/h4-5,7H,6H2,1-3H3,(H,13,14,15)/t7-/m0/s1. The molecular weight excluding hydrogens is 228 g/mol. The van der Waals surface area contributed by atoms with E-state index in [0.717, 1.165) is 0 Å². The van der Waals surface area contributed by atoms with Crippen LogP contribution >= 0.6 is 11.6 Å². The summed E-state index contributed by atoms with van der Waals surface area (Å²) in [4.78, 5) is 15.7. The number of carbonyl (C=O) groups is 1. The second kappa shape index (κ2) is 5.82. The summed E-state index contributed by atoms with van der Waals surface area (Å²) in [6, 6.07) is 1.67. The lowest BCUT2D eigenvalue weighted by atomic mass is 10.2. The van der Waals surface area contributed by atoms with Crippen LogP contribution in [0, 0.1) is 12.8 Å². The van der Waals surface area contributed by atoms with Crippen molar-refractivity contribution >= 4 is 23.2 Å². The van der Waals surface area contributed by atoms with Gasteiger partial charge in [0.1, 0.15) is 0 Å². The zero-order chi connectivity index (χ0) is 12.1. The summed E-state index contributed by atoms with van der Waals surface area (Å²) in [5.41, 5.74) is 1.28. The molecule has 0 saturated carbocycles. The Bertz CT molecular complexity index is 382. The number of methoxy groups -OCH3 is 1. The van der Waals surface area contributed by atoms with Crippen molar-refractivity contribution in [2.75, 3.05) is 19.0 Å². The second-order valence-corrected chi connectivity index (χ2v) is 3.98. The van der Waals surface area contributed by atoms with Gasteiger partial charge in [-0.05, 0) is 13.0 Å². The molecule has 0 radical (unpaired) electrons. The van der Waals surface area contributed by atoms with E-state index < -0.39 is 0 Å². The number of hydrogen-bond acceptors (Lipinski definition) is 3. The highest BCUT2D eigenvalue weighted by Crippen LogP contribution is 2.23. The minimum atomic E-state index is -0.213. The van der Waals surface area contributed by atoms with Crippen LogP contribution < -0.4 is 5.32 Å². The average Bonchev–Trinajstić information content (AvgIpc) is 2.25. The summed E-state index contributed by atoms with van der Waals surface area (Å²) in [5, 5.41) is 3.22. The van der Waals surface area contributed by atoms with E-state index in [1.54, 1.807) is 33.2 Å². The molecule has 1 N–H and O–H groups in total. The van der Waals surface area contributed by atoms with E-state index in [1.165, 1.54) is 0 Å². The van der Waals surface area contributed by atoms with Crippen LogP contribution in [0.2, 0.25) is 5.02 Å². The molecule has 0 aliphatic carbocycles. The van der Waals surface area contributed by atoms with Crippen molar-refractivity contribution in [3.05, 3.63) is 23.0 Å². The van der Waals surface area contributed by atoms with Crippen molar-refractivity contribution in [2.45, 2.75) is 13.8 Å². The molecule has 0 aliphatic heterocycles. The first kappa shape index (κ1) is 12.9. The van der Waals surface area contributed by atoms with Crippen molar-refractivity contribution in [3.8, 4) is 0 Å².